The molecule has 3 rings (SSSR count). The van der Waals surface area contributed by atoms with Crippen LogP contribution in [0, 0.1) is 5.92 Å². The lowest BCUT2D eigenvalue weighted by Crippen LogP contribution is -2.44. The molecular weight excluding hydrogens is 371 g/mol. The highest BCUT2D eigenvalue weighted by atomic mass is 35.5. The first-order valence-corrected chi connectivity index (χ1v) is 9.62. The second-order valence-electron chi connectivity index (χ2n) is 6.88. The van der Waals surface area contributed by atoms with E-state index >= 15 is 0 Å². The van der Waals surface area contributed by atoms with Crippen molar-refractivity contribution >= 4 is 29.1 Å². The molecule has 0 aliphatic carbocycles. The number of carbonyl (C=O) groups is 1. The fourth-order valence-electron chi connectivity index (χ4n) is 3.57. The number of aromatic nitrogens is 2. The fraction of sp³-hybridized carbons (Fsp3) is 0.474. The Kier molecular flexibility index (Phi) is 6.22. The number of nitrogens with zero attached hydrogens (tertiary/aromatic N) is 3. The lowest BCUT2D eigenvalue weighted by atomic mass is 9.89. The molecule has 0 bridgehead atoms. The normalized spacial score (nSPS) is 16.7. The van der Waals surface area contributed by atoms with Crippen LogP contribution in [0.4, 0.5) is 0 Å². The molecule has 1 N–H and O–H groups in total. The summed E-state index contributed by atoms with van der Waals surface area (Å²) in [6.45, 7) is 1.53. The Morgan fingerprint density at radius 3 is 2.69 bits per heavy atom. The number of amides is 1. The van der Waals surface area contributed by atoms with E-state index in [1.165, 1.54) is 0 Å². The van der Waals surface area contributed by atoms with Gasteiger partial charge in [0.2, 0.25) is 5.91 Å². The predicted molar refractivity (Wildman–Crippen MR) is 104 cm³/mol. The number of halogens is 2. The Hall–Kier alpha value is -1.56. The van der Waals surface area contributed by atoms with Gasteiger partial charge in [0.25, 0.3) is 0 Å². The zero-order valence-corrected chi connectivity index (χ0v) is 16.6. The van der Waals surface area contributed by atoms with E-state index in [0.29, 0.717) is 10.9 Å². The molecule has 1 saturated heterocycles. The average Bonchev–Trinajstić information content (AvgIpc) is 3.05. The monoisotopic (exact) mass is 394 g/mol. The Bertz CT molecular complexity index is 769. The van der Waals surface area contributed by atoms with Crippen LogP contribution in [0.3, 0.4) is 0 Å². The highest BCUT2D eigenvalue weighted by Crippen LogP contribution is 2.28. The Morgan fingerprint density at radius 1 is 1.35 bits per heavy atom. The van der Waals surface area contributed by atoms with E-state index < -0.39 is 0 Å². The molecule has 140 valence electrons. The van der Waals surface area contributed by atoms with Gasteiger partial charge in [-0.2, -0.15) is 5.10 Å². The number of likely N-dealkylation sites (N-methyl/N-ethyl adjacent to an activating group) is 1. The average molecular weight is 395 g/mol. The Labute approximate surface area is 164 Å². The molecule has 0 spiro atoms. The summed E-state index contributed by atoms with van der Waals surface area (Å²) in [6.07, 6.45) is 6.47. The van der Waals surface area contributed by atoms with Gasteiger partial charge in [0.15, 0.2) is 0 Å². The van der Waals surface area contributed by atoms with Crippen molar-refractivity contribution in [1.29, 1.82) is 0 Å². The van der Waals surface area contributed by atoms with Crippen molar-refractivity contribution in [3.05, 3.63) is 51.8 Å². The van der Waals surface area contributed by atoms with Crippen LogP contribution in [-0.2, 0) is 18.3 Å². The van der Waals surface area contributed by atoms with Crippen LogP contribution in [0.25, 0.3) is 0 Å². The van der Waals surface area contributed by atoms with Gasteiger partial charge in [0.1, 0.15) is 6.04 Å². The van der Waals surface area contributed by atoms with Gasteiger partial charge in [-0.15, -0.1) is 0 Å². The van der Waals surface area contributed by atoms with Crippen molar-refractivity contribution < 1.29 is 4.79 Å². The molecule has 26 heavy (non-hydrogen) atoms. The SMILES string of the molecule is CNC(C(=O)N1CCC(Cc2cc(Cl)ccc2Cl)CC1)c1cnn(C)c1. The number of likely N-dealkylation sites (tertiary alicyclic amines) is 1. The van der Waals surface area contributed by atoms with Gasteiger partial charge >= 0.3 is 0 Å². The molecule has 0 saturated carbocycles. The highest BCUT2D eigenvalue weighted by molar-refractivity contribution is 6.33. The molecular formula is C19H24Cl2N4O. The van der Waals surface area contributed by atoms with Crippen molar-refractivity contribution in [2.75, 3.05) is 20.1 Å². The van der Waals surface area contributed by atoms with Gasteiger partial charge in [-0.25, -0.2) is 0 Å². The second-order valence-corrected chi connectivity index (χ2v) is 7.72. The lowest BCUT2D eigenvalue weighted by molar-refractivity contribution is -0.134. The van der Waals surface area contributed by atoms with Gasteiger partial charge in [-0.05, 0) is 56.0 Å². The topological polar surface area (TPSA) is 50.2 Å². The summed E-state index contributed by atoms with van der Waals surface area (Å²) in [6, 6.07) is 5.26. The minimum Gasteiger partial charge on any atom is -0.341 e. The molecule has 1 aliphatic rings. The molecule has 1 fully saturated rings. The van der Waals surface area contributed by atoms with Gasteiger partial charge < -0.3 is 10.2 Å². The number of hydrogen-bond acceptors (Lipinski definition) is 3. The Morgan fingerprint density at radius 2 is 2.08 bits per heavy atom. The lowest BCUT2D eigenvalue weighted by Gasteiger charge is -2.34. The van der Waals surface area contributed by atoms with Crippen LogP contribution < -0.4 is 5.32 Å². The highest BCUT2D eigenvalue weighted by Gasteiger charge is 2.29. The van der Waals surface area contributed by atoms with Crippen molar-refractivity contribution in [3.8, 4) is 0 Å². The van der Waals surface area contributed by atoms with Crippen molar-refractivity contribution in [2.45, 2.75) is 25.3 Å². The molecule has 1 atom stereocenters. The summed E-state index contributed by atoms with van der Waals surface area (Å²) in [5, 5.41) is 8.76. The number of piperidine rings is 1. The van der Waals surface area contributed by atoms with Gasteiger partial charge in [-0.1, -0.05) is 23.2 Å². The van der Waals surface area contributed by atoms with Gasteiger partial charge in [-0.3, -0.25) is 9.48 Å². The summed E-state index contributed by atoms with van der Waals surface area (Å²) < 4.78 is 1.72. The third-order valence-electron chi connectivity index (χ3n) is 5.04. The van der Waals surface area contributed by atoms with Crippen LogP contribution in [0.5, 0.6) is 0 Å². The number of aryl methyl sites for hydroxylation is 1. The standard InChI is InChI=1S/C19H24Cl2N4O/c1-22-18(15-11-23-24(2)12-15)19(26)25-7-5-13(6-8-25)9-14-10-16(20)3-4-17(14)21/h3-4,10-13,18,22H,5-9H2,1-2H3. The molecule has 7 heteroatoms. The largest absolute Gasteiger partial charge is 0.341 e. The summed E-state index contributed by atoms with van der Waals surface area (Å²) in [4.78, 5) is 14.8. The smallest absolute Gasteiger partial charge is 0.244 e. The van der Waals surface area contributed by atoms with Gasteiger partial charge in [0.05, 0.1) is 6.20 Å². The fourth-order valence-corrected chi connectivity index (χ4v) is 3.96. The first-order valence-electron chi connectivity index (χ1n) is 8.86. The van der Waals surface area contributed by atoms with E-state index in [0.717, 1.165) is 48.5 Å². The van der Waals surface area contributed by atoms with E-state index in [1.807, 2.05) is 43.4 Å². The molecule has 1 amide bonds. The quantitative estimate of drug-likeness (QED) is 0.844. The molecule has 1 aliphatic heterocycles. The molecule has 1 aromatic heterocycles. The molecule has 2 heterocycles. The number of carbonyl (C=O) groups excluding carboxylic acids is 1. The summed E-state index contributed by atoms with van der Waals surface area (Å²) in [5.74, 6) is 0.626. The predicted octanol–water partition coefficient (Wildman–Crippen LogP) is 3.47. The van der Waals surface area contributed by atoms with Crippen LogP contribution >= 0.6 is 23.2 Å². The first-order chi connectivity index (χ1) is 12.5. The van der Waals surface area contributed by atoms with E-state index in [1.54, 1.807) is 10.9 Å². The Balaban J connectivity index is 1.59. The first kappa shape index (κ1) is 19.2. The van der Waals surface area contributed by atoms with Crippen molar-refractivity contribution in [2.24, 2.45) is 13.0 Å². The zero-order chi connectivity index (χ0) is 18.7. The maximum Gasteiger partial charge on any atom is 0.244 e. The summed E-state index contributed by atoms with van der Waals surface area (Å²) in [5.41, 5.74) is 1.99. The summed E-state index contributed by atoms with van der Waals surface area (Å²) >= 11 is 12.4. The van der Waals surface area contributed by atoms with Crippen molar-refractivity contribution in [3.63, 3.8) is 0 Å². The second kappa shape index (κ2) is 8.42. The van der Waals surface area contributed by atoms with Crippen LogP contribution in [0.15, 0.2) is 30.6 Å². The third-order valence-corrected chi connectivity index (χ3v) is 5.64. The van der Waals surface area contributed by atoms with Crippen molar-refractivity contribution in [1.82, 2.24) is 20.0 Å². The minimum absolute atomic E-state index is 0.111. The molecule has 0 radical (unpaired) electrons. The van der Waals surface area contributed by atoms with E-state index in [9.17, 15) is 4.79 Å². The number of rotatable bonds is 5. The molecule has 5 nitrogen and oxygen atoms in total. The molecule has 1 unspecified atom stereocenters. The number of nitrogens with one attached hydrogen (secondary N) is 1. The van der Waals surface area contributed by atoms with Crippen LogP contribution in [0.2, 0.25) is 10.0 Å². The van der Waals surface area contributed by atoms with E-state index in [2.05, 4.69) is 10.4 Å². The maximum atomic E-state index is 12.9. The maximum absolute atomic E-state index is 12.9. The molecule has 2 aromatic rings. The van der Waals surface area contributed by atoms with E-state index in [4.69, 9.17) is 23.2 Å². The summed E-state index contributed by atoms with van der Waals surface area (Å²) in [7, 11) is 3.66. The van der Waals surface area contributed by atoms with E-state index in [-0.39, 0.29) is 11.9 Å². The third kappa shape index (κ3) is 4.40. The van der Waals surface area contributed by atoms with Crippen LogP contribution in [0.1, 0.15) is 30.0 Å². The van der Waals surface area contributed by atoms with Crippen LogP contribution in [-0.4, -0.2) is 40.7 Å². The number of hydrogen-bond donors (Lipinski definition) is 1. The zero-order valence-electron chi connectivity index (χ0n) is 15.1. The van der Waals surface area contributed by atoms with Gasteiger partial charge in [0, 0.05) is 41.9 Å². The minimum atomic E-state index is -0.345. The number of benzene rings is 1. The molecule has 1 aromatic carbocycles.